The molecule has 6 atom stereocenters. The van der Waals surface area contributed by atoms with Crippen LogP contribution in [-0.2, 0) is 37.1 Å². The quantitative estimate of drug-likeness (QED) is 0.0814. The van der Waals surface area contributed by atoms with Crippen LogP contribution in [-0.4, -0.2) is 68.3 Å². The smallest absolute Gasteiger partial charge is 0.356 e. The monoisotopic (exact) mass is 842 g/mol. The van der Waals surface area contributed by atoms with Crippen LogP contribution in [0, 0.1) is 17.5 Å². The first kappa shape index (κ1) is 40.0. The van der Waals surface area contributed by atoms with E-state index in [-0.39, 0.29) is 17.9 Å². The SMILES string of the molecule is CC(C)(C)OP(=O)(OCOC1C(Sc2cncc(Br)c2)OC2COC(c3ccccc3)OC2C1n1cc(-c2cc(F)c(F)c(F)c2)nn1)OC(C)(C)C. The minimum absolute atomic E-state index is 0.0437. The first-order valence-electron chi connectivity index (χ1n) is 16.6. The zero-order valence-electron chi connectivity index (χ0n) is 29.7. The van der Waals surface area contributed by atoms with E-state index in [9.17, 15) is 17.7 Å². The highest BCUT2D eigenvalue weighted by molar-refractivity contribution is 9.10. The van der Waals surface area contributed by atoms with Crippen LogP contribution >= 0.6 is 35.5 Å². The number of hydrogen-bond acceptors (Lipinski definition) is 12. The van der Waals surface area contributed by atoms with Crippen LogP contribution in [0.25, 0.3) is 11.3 Å². The molecule has 2 aromatic carbocycles. The van der Waals surface area contributed by atoms with Crippen molar-refractivity contribution >= 4 is 35.5 Å². The fourth-order valence-corrected chi connectivity index (χ4v) is 9.03. The molecule has 18 heteroatoms. The highest BCUT2D eigenvalue weighted by Crippen LogP contribution is 2.56. The Morgan fingerprint density at radius 1 is 0.981 bits per heavy atom. The number of hydrogen-bond donors (Lipinski definition) is 0. The molecule has 2 aromatic heterocycles. The molecular weight excluding hydrogens is 804 g/mol. The van der Waals surface area contributed by atoms with Gasteiger partial charge in [0, 0.05) is 32.9 Å². The molecule has 0 radical (unpaired) electrons. The van der Waals surface area contributed by atoms with Gasteiger partial charge in [-0.2, -0.15) is 0 Å². The van der Waals surface area contributed by atoms with Crippen molar-refractivity contribution in [2.45, 2.75) is 93.7 Å². The average Bonchev–Trinajstić information content (AvgIpc) is 3.55. The van der Waals surface area contributed by atoms with Gasteiger partial charge in [0.2, 0.25) is 0 Å². The summed E-state index contributed by atoms with van der Waals surface area (Å²) < 4.78 is 102. The molecular formula is C35H39BrF3N4O8PS. The van der Waals surface area contributed by atoms with Gasteiger partial charge in [-0.05, 0) is 75.7 Å². The number of fused-ring (bicyclic) bond motifs is 1. The van der Waals surface area contributed by atoms with Crippen molar-refractivity contribution in [1.82, 2.24) is 20.0 Å². The third-order valence-electron chi connectivity index (χ3n) is 7.65. The Bertz CT molecular complexity index is 1890. The summed E-state index contributed by atoms with van der Waals surface area (Å²) in [4.78, 5) is 4.99. The average molecular weight is 844 g/mol. The van der Waals surface area contributed by atoms with Crippen molar-refractivity contribution in [3.8, 4) is 11.3 Å². The largest absolute Gasteiger partial charge is 0.477 e. The van der Waals surface area contributed by atoms with Crippen LogP contribution in [0.2, 0.25) is 0 Å². The second-order valence-electron chi connectivity index (χ2n) is 14.2. The molecule has 4 aromatic rings. The Balaban J connectivity index is 1.40. The number of benzene rings is 2. The zero-order valence-corrected chi connectivity index (χ0v) is 32.9. The Morgan fingerprint density at radius 2 is 1.66 bits per heavy atom. The molecule has 6 unspecified atom stereocenters. The molecule has 0 bridgehead atoms. The topological polar surface area (TPSA) is 125 Å². The normalized spacial score (nSPS) is 23.9. The molecule has 2 aliphatic heterocycles. The van der Waals surface area contributed by atoms with Crippen molar-refractivity contribution in [1.29, 1.82) is 0 Å². The molecule has 0 N–H and O–H groups in total. The fourth-order valence-electron chi connectivity index (χ4n) is 5.68. The van der Waals surface area contributed by atoms with Crippen LogP contribution in [0.1, 0.15) is 59.4 Å². The van der Waals surface area contributed by atoms with Gasteiger partial charge >= 0.3 is 7.82 Å². The second kappa shape index (κ2) is 16.2. The van der Waals surface area contributed by atoms with Crippen LogP contribution in [0.15, 0.2) is 76.5 Å². The summed E-state index contributed by atoms with van der Waals surface area (Å²) in [5.41, 5.74) is -1.88. The zero-order chi connectivity index (χ0) is 38.1. The van der Waals surface area contributed by atoms with E-state index in [1.54, 1.807) is 53.9 Å². The van der Waals surface area contributed by atoms with E-state index in [1.165, 1.54) is 22.6 Å². The molecule has 12 nitrogen and oxygen atoms in total. The van der Waals surface area contributed by atoms with Gasteiger partial charge in [0.25, 0.3) is 0 Å². The van der Waals surface area contributed by atoms with Gasteiger partial charge in [0.15, 0.2) is 30.5 Å². The van der Waals surface area contributed by atoms with Crippen molar-refractivity contribution in [3.05, 3.63) is 94.6 Å². The number of phosphoric acid groups is 1. The molecule has 0 aliphatic carbocycles. The number of halogens is 4. The lowest BCUT2D eigenvalue weighted by molar-refractivity contribution is -0.313. The number of nitrogens with zero attached hydrogens (tertiary/aromatic N) is 4. The van der Waals surface area contributed by atoms with Crippen molar-refractivity contribution in [2.75, 3.05) is 13.4 Å². The van der Waals surface area contributed by atoms with Crippen molar-refractivity contribution in [3.63, 3.8) is 0 Å². The highest BCUT2D eigenvalue weighted by Gasteiger charge is 2.53. The molecule has 0 spiro atoms. The number of phosphoric ester groups is 1. The Morgan fingerprint density at radius 3 is 2.30 bits per heavy atom. The minimum Gasteiger partial charge on any atom is -0.356 e. The third kappa shape index (κ3) is 10.1. The summed E-state index contributed by atoms with van der Waals surface area (Å²) in [7, 11) is -4.22. The minimum atomic E-state index is -4.22. The van der Waals surface area contributed by atoms with Crippen molar-refractivity contribution < 1.29 is 50.3 Å². The molecule has 2 aliphatic rings. The molecule has 0 amide bonds. The van der Waals surface area contributed by atoms with Gasteiger partial charge in [-0.1, -0.05) is 47.3 Å². The summed E-state index contributed by atoms with van der Waals surface area (Å²) in [6.45, 7) is 9.81. The predicted octanol–water partition coefficient (Wildman–Crippen LogP) is 8.79. The number of aromatic nitrogens is 4. The standard InChI is InChI=1S/C35H39BrF3N4O8PS/c1-34(2,3)50-52(44,51-35(4,5)6)47-19-46-31-29(43-17-26(41-42-43)21-12-24(37)28(39)25(38)13-21)30-27(18-45-32(49-30)20-10-8-7-9-11-20)48-33(31)53-23-14-22(36)15-40-16-23/h7-17,27,29-33H,18-19H2,1-6H3. The lowest BCUT2D eigenvalue weighted by Gasteiger charge is -2.49. The predicted molar refractivity (Wildman–Crippen MR) is 191 cm³/mol. The summed E-state index contributed by atoms with van der Waals surface area (Å²) in [6, 6.07) is 11.9. The molecule has 2 fully saturated rings. The number of ether oxygens (including phenoxy) is 4. The van der Waals surface area contributed by atoms with Crippen molar-refractivity contribution in [2.24, 2.45) is 0 Å². The maximum atomic E-state index is 14.3. The van der Waals surface area contributed by atoms with Crippen LogP contribution < -0.4 is 0 Å². The maximum absolute atomic E-state index is 14.3. The van der Waals surface area contributed by atoms with Gasteiger partial charge in [-0.25, -0.2) is 22.4 Å². The lowest BCUT2D eigenvalue weighted by atomic mass is 9.95. The maximum Gasteiger partial charge on any atom is 0.477 e. The van der Waals surface area contributed by atoms with Gasteiger partial charge in [-0.15, -0.1) is 5.10 Å². The van der Waals surface area contributed by atoms with E-state index >= 15 is 0 Å². The van der Waals surface area contributed by atoms with Gasteiger partial charge in [0.05, 0.1) is 24.0 Å². The van der Waals surface area contributed by atoms with Crippen LogP contribution in [0.3, 0.4) is 0 Å². The third-order valence-corrected chi connectivity index (χ3v) is 11.2. The number of rotatable bonds is 11. The fraction of sp³-hybridized carbons (Fsp3) is 0.457. The molecule has 4 heterocycles. The van der Waals surface area contributed by atoms with E-state index in [2.05, 4.69) is 31.2 Å². The van der Waals surface area contributed by atoms with E-state index in [0.717, 1.165) is 22.2 Å². The van der Waals surface area contributed by atoms with E-state index in [4.69, 9.17) is 32.5 Å². The summed E-state index contributed by atoms with van der Waals surface area (Å²) in [5, 5.41) is 8.52. The first-order chi connectivity index (χ1) is 25.0. The Hall–Kier alpha value is -2.70. The highest BCUT2D eigenvalue weighted by atomic mass is 79.9. The molecule has 0 saturated carbocycles. The number of pyridine rings is 1. The number of thioether (sulfide) groups is 1. The molecule has 6 rings (SSSR count). The van der Waals surface area contributed by atoms with Crippen LogP contribution in [0.5, 0.6) is 0 Å². The summed E-state index contributed by atoms with van der Waals surface area (Å²) >= 11 is 4.74. The summed E-state index contributed by atoms with van der Waals surface area (Å²) in [6.07, 6.45) is 1.46. The molecule has 53 heavy (non-hydrogen) atoms. The Labute approximate surface area is 317 Å². The summed E-state index contributed by atoms with van der Waals surface area (Å²) in [5.74, 6) is -4.36. The van der Waals surface area contributed by atoms with E-state index in [1.807, 2.05) is 36.4 Å². The van der Waals surface area contributed by atoms with E-state index < -0.39 is 79.3 Å². The molecule has 286 valence electrons. The van der Waals surface area contributed by atoms with Crippen LogP contribution in [0.4, 0.5) is 13.2 Å². The van der Waals surface area contributed by atoms with Gasteiger partial charge in [0.1, 0.15) is 35.5 Å². The lowest BCUT2D eigenvalue weighted by Crippen LogP contribution is -2.59. The first-order valence-corrected chi connectivity index (χ1v) is 19.7. The van der Waals surface area contributed by atoms with E-state index in [0.29, 0.717) is 4.90 Å². The van der Waals surface area contributed by atoms with Gasteiger partial charge in [-0.3, -0.25) is 18.6 Å². The Kier molecular flexibility index (Phi) is 12.2. The molecule has 2 saturated heterocycles. The second-order valence-corrected chi connectivity index (χ2v) is 17.8. The van der Waals surface area contributed by atoms with Gasteiger partial charge < -0.3 is 18.9 Å².